The van der Waals surface area contributed by atoms with Gasteiger partial charge < -0.3 is 19.6 Å². The predicted octanol–water partition coefficient (Wildman–Crippen LogP) is 4.27. The number of amides is 2. The first kappa shape index (κ1) is 21.7. The average molecular weight is 469 g/mol. The molecule has 3 N–H and O–H groups in total. The first-order valence-corrected chi connectivity index (χ1v) is 12.3. The van der Waals surface area contributed by atoms with Crippen molar-refractivity contribution in [1.29, 1.82) is 0 Å². The maximum atomic E-state index is 13.1. The van der Waals surface area contributed by atoms with Crippen molar-refractivity contribution in [3.63, 3.8) is 0 Å². The highest BCUT2D eigenvalue weighted by atomic mass is 16.3. The Morgan fingerprint density at radius 3 is 2.40 bits per heavy atom. The molecule has 35 heavy (non-hydrogen) atoms. The van der Waals surface area contributed by atoms with Crippen LogP contribution in [0.5, 0.6) is 5.75 Å². The van der Waals surface area contributed by atoms with Gasteiger partial charge in [0.25, 0.3) is 11.8 Å². The van der Waals surface area contributed by atoms with Crippen LogP contribution in [0, 0.1) is 0 Å². The van der Waals surface area contributed by atoms with E-state index in [4.69, 9.17) is 0 Å². The molecule has 4 heterocycles. The van der Waals surface area contributed by atoms with Crippen LogP contribution in [0.15, 0.2) is 54.9 Å². The van der Waals surface area contributed by atoms with Crippen LogP contribution >= 0.6 is 0 Å². The molecule has 0 saturated carbocycles. The summed E-state index contributed by atoms with van der Waals surface area (Å²) in [5.41, 5.74) is 3.68. The summed E-state index contributed by atoms with van der Waals surface area (Å²) in [7, 11) is 0. The Morgan fingerprint density at radius 1 is 0.829 bits per heavy atom. The minimum absolute atomic E-state index is 0.172. The number of H-pyrrole nitrogens is 1. The standard InChI is InChI=1S/C28H28N4O3/c33-23-11-6-9-19-21(17-32(26(19)23)15-7-14-31-12-4-1-5-13-31)25-24(27(34)30-28(25)35)20-16-29-22-10-3-2-8-18(20)22/h2-3,6,8-11,16-17,29,33H,1,4-5,7,12-15H2,(H,30,34,35). The second-order valence-electron chi connectivity index (χ2n) is 9.45. The highest BCUT2D eigenvalue weighted by molar-refractivity contribution is 6.50. The number of carbonyl (C=O) groups is 2. The summed E-state index contributed by atoms with van der Waals surface area (Å²) in [6.45, 7) is 4.01. The molecule has 6 rings (SSSR count). The number of nitrogens with one attached hydrogen (secondary N) is 2. The van der Waals surface area contributed by atoms with E-state index in [1.807, 2.05) is 41.1 Å². The van der Waals surface area contributed by atoms with Gasteiger partial charge in [-0.05, 0) is 51.0 Å². The number of imide groups is 1. The molecule has 2 amide bonds. The number of aromatic hydroxyl groups is 1. The van der Waals surface area contributed by atoms with Gasteiger partial charge in [0.05, 0.1) is 16.7 Å². The van der Waals surface area contributed by atoms with Crippen molar-refractivity contribution in [2.75, 3.05) is 19.6 Å². The van der Waals surface area contributed by atoms with E-state index in [-0.39, 0.29) is 5.75 Å². The maximum absolute atomic E-state index is 13.1. The topological polar surface area (TPSA) is 90.4 Å². The number of benzene rings is 2. The fourth-order valence-electron chi connectivity index (χ4n) is 5.61. The van der Waals surface area contributed by atoms with E-state index < -0.39 is 11.8 Å². The zero-order valence-electron chi connectivity index (χ0n) is 19.5. The molecule has 1 saturated heterocycles. The number of nitrogens with zero attached hydrogens (tertiary/aromatic N) is 2. The normalized spacial score (nSPS) is 17.1. The van der Waals surface area contributed by atoms with Gasteiger partial charge >= 0.3 is 0 Å². The van der Waals surface area contributed by atoms with Crippen molar-refractivity contribution in [2.45, 2.75) is 32.2 Å². The van der Waals surface area contributed by atoms with Gasteiger partial charge in [-0.1, -0.05) is 36.8 Å². The lowest BCUT2D eigenvalue weighted by molar-refractivity contribution is -0.122. The molecule has 0 bridgehead atoms. The molecular weight excluding hydrogens is 440 g/mol. The fraction of sp³-hybridized carbons (Fsp3) is 0.286. The maximum Gasteiger partial charge on any atom is 0.259 e. The SMILES string of the molecule is O=C1NC(=O)C(c2cn(CCCN3CCCCC3)c3c(O)cccc23)=C1c1c[nH]c2ccccc12. The Balaban J connectivity index is 1.45. The molecule has 7 heteroatoms. The predicted molar refractivity (Wildman–Crippen MR) is 137 cm³/mol. The number of aromatic amines is 1. The quantitative estimate of drug-likeness (QED) is 0.369. The van der Waals surface area contributed by atoms with Gasteiger partial charge in [0, 0.05) is 46.4 Å². The molecule has 4 aromatic rings. The highest BCUT2D eigenvalue weighted by Crippen LogP contribution is 2.40. The number of hydrogen-bond acceptors (Lipinski definition) is 4. The van der Waals surface area contributed by atoms with Crippen molar-refractivity contribution in [2.24, 2.45) is 0 Å². The second kappa shape index (κ2) is 8.74. The minimum Gasteiger partial charge on any atom is -0.506 e. The van der Waals surface area contributed by atoms with E-state index in [0.717, 1.165) is 48.9 Å². The largest absolute Gasteiger partial charge is 0.506 e. The summed E-state index contributed by atoms with van der Waals surface area (Å²) in [4.78, 5) is 31.8. The number of piperidine rings is 1. The first-order valence-electron chi connectivity index (χ1n) is 12.3. The van der Waals surface area contributed by atoms with E-state index >= 15 is 0 Å². The third kappa shape index (κ3) is 3.72. The summed E-state index contributed by atoms with van der Waals surface area (Å²) < 4.78 is 2.03. The zero-order chi connectivity index (χ0) is 23.9. The third-order valence-electron chi connectivity index (χ3n) is 7.26. The van der Waals surface area contributed by atoms with E-state index in [2.05, 4.69) is 15.2 Å². The molecule has 0 spiro atoms. The zero-order valence-corrected chi connectivity index (χ0v) is 19.5. The number of carbonyl (C=O) groups excluding carboxylic acids is 2. The van der Waals surface area contributed by atoms with Crippen LogP contribution < -0.4 is 5.32 Å². The van der Waals surface area contributed by atoms with Crippen LogP contribution in [0.3, 0.4) is 0 Å². The lowest BCUT2D eigenvalue weighted by Crippen LogP contribution is -2.31. The molecule has 178 valence electrons. The molecule has 2 aliphatic heterocycles. The molecule has 0 atom stereocenters. The van der Waals surface area contributed by atoms with Crippen LogP contribution in [0.1, 0.15) is 36.8 Å². The van der Waals surface area contributed by atoms with Crippen molar-refractivity contribution in [3.8, 4) is 5.75 Å². The first-order chi connectivity index (χ1) is 17.1. The molecule has 0 aliphatic carbocycles. The van der Waals surface area contributed by atoms with Crippen molar-refractivity contribution >= 4 is 44.8 Å². The van der Waals surface area contributed by atoms with Gasteiger partial charge in [-0.15, -0.1) is 0 Å². The molecule has 2 aromatic heterocycles. The van der Waals surface area contributed by atoms with Gasteiger partial charge in [0.1, 0.15) is 5.75 Å². The molecule has 2 aromatic carbocycles. The summed E-state index contributed by atoms with van der Waals surface area (Å²) in [5, 5.41) is 14.9. The molecule has 1 fully saturated rings. The number of aryl methyl sites for hydroxylation is 1. The molecule has 0 unspecified atom stereocenters. The Labute approximate surface area is 203 Å². The highest BCUT2D eigenvalue weighted by Gasteiger charge is 2.35. The summed E-state index contributed by atoms with van der Waals surface area (Å²) in [5.74, 6) is -0.641. The summed E-state index contributed by atoms with van der Waals surface area (Å²) >= 11 is 0. The lowest BCUT2D eigenvalue weighted by Gasteiger charge is -2.26. The number of likely N-dealkylation sites (tertiary alicyclic amines) is 1. The Kier molecular flexibility index (Phi) is 5.41. The Morgan fingerprint density at radius 2 is 1.57 bits per heavy atom. The van der Waals surface area contributed by atoms with E-state index in [9.17, 15) is 14.7 Å². The molecule has 0 radical (unpaired) electrons. The van der Waals surface area contributed by atoms with Crippen molar-refractivity contribution < 1.29 is 14.7 Å². The van der Waals surface area contributed by atoms with Gasteiger partial charge in [0.2, 0.25) is 0 Å². The number of aromatic nitrogens is 2. The monoisotopic (exact) mass is 468 g/mol. The molecule has 2 aliphatic rings. The number of rotatable bonds is 6. The summed E-state index contributed by atoms with van der Waals surface area (Å²) in [6.07, 6.45) is 8.47. The number of hydrogen-bond donors (Lipinski definition) is 3. The number of para-hydroxylation sites is 2. The average Bonchev–Trinajstić information content (AvgIpc) is 3.53. The van der Waals surface area contributed by atoms with Crippen LogP contribution in [0.25, 0.3) is 33.0 Å². The van der Waals surface area contributed by atoms with Crippen LogP contribution in [0.4, 0.5) is 0 Å². The van der Waals surface area contributed by atoms with E-state index in [1.54, 1.807) is 18.3 Å². The van der Waals surface area contributed by atoms with Crippen molar-refractivity contribution in [1.82, 2.24) is 19.8 Å². The van der Waals surface area contributed by atoms with Crippen LogP contribution in [0.2, 0.25) is 0 Å². The van der Waals surface area contributed by atoms with Gasteiger partial charge in [-0.25, -0.2) is 0 Å². The smallest absolute Gasteiger partial charge is 0.259 e. The molecular formula is C28H28N4O3. The Bertz CT molecular complexity index is 1490. The lowest BCUT2D eigenvalue weighted by atomic mass is 9.95. The summed E-state index contributed by atoms with van der Waals surface area (Å²) in [6, 6.07) is 13.1. The number of phenols is 1. The number of phenolic OH excluding ortho intramolecular Hbond substituents is 1. The number of fused-ring (bicyclic) bond motifs is 2. The van der Waals surface area contributed by atoms with Gasteiger partial charge in [-0.2, -0.15) is 0 Å². The minimum atomic E-state index is -0.411. The van der Waals surface area contributed by atoms with Crippen molar-refractivity contribution in [3.05, 3.63) is 66.0 Å². The van der Waals surface area contributed by atoms with E-state index in [1.165, 1.54) is 19.3 Å². The molecule has 7 nitrogen and oxygen atoms in total. The Hall–Kier alpha value is -3.84. The van der Waals surface area contributed by atoms with Gasteiger partial charge in [0.15, 0.2) is 0 Å². The van der Waals surface area contributed by atoms with Crippen LogP contribution in [-0.4, -0.2) is 51.0 Å². The van der Waals surface area contributed by atoms with E-state index in [0.29, 0.717) is 27.8 Å². The van der Waals surface area contributed by atoms with Gasteiger partial charge in [-0.3, -0.25) is 14.9 Å². The second-order valence-corrected chi connectivity index (χ2v) is 9.45. The fourth-order valence-corrected chi connectivity index (χ4v) is 5.61. The third-order valence-corrected chi connectivity index (χ3v) is 7.26. The van der Waals surface area contributed by atoms with Crippen LogP contribution in [-0.2, 0) is 16.1 Å².